The molecule has 1 saturated heterocycles. The molecule has 1 aromatic carbocycles. The van der Waals surface area contributed by atoms with E-state index in [0.29, 0.717) is 43.4 Å². The summed E-state index contributed by atoms with van der Waals surface area (Å²) in [5.74, 6) is 1.33. The first-order chi connectivity index (χ1) is 13.3. The molecular weight excluding hydrogens is 356 g/mol. The summed E-state index contributed by atoms with van der Waals surface area (Å²) in [5, 5.41) is 3.00. The summed E-state index contributed by atoms with van der Waals surface area (Å²) in [5.41, 5.74) is 1.05. The van der Waals surface area contributed by atoms with Crippen molar-refractivity contribution in [3.63, 3.8) is 0 Å². The standard InChI is InChI=1S/C22H32N2O4/c1-22(2,3)17-6-4-16(5-7-17)20(25)23-18-8-10-19(11-9-18)28-21(26)24-12-14-27-15-13-24/h8-11,16-17H,4-7,12-15H2,1-3H3,(H,23,25)/t16-,17-. The molecule has 1 N–H and O–H groups in total. The van der Waals surface area contributed by atoms with Crippen molar-refractivity contribution in [1.82, 2.24) is 4.90 Å². The Kier molecular flexibility index (Phi) is 6.60. The second-order valence-electron chi connectivity index (χ2n) is 8.90. The van der Waals surface area contributed by atoms with E-state index in [1.165, 1.54) is 0 Å². The molecule has 1 aliphatic carbocycles. The van der Waals surface area contributed by atoms with Gasteiger partial charge in [0.05, 0.1) is 13.2 Å². The second-order valence-corrected chi connectivity index (χ2v) is 8.90. The predicted molar refractivity (Wildman–Crippen MR) is 108 cm³/mol. The maximum Gasteiger partial charge on any atom is 0.415 e. The van der Waals surface area contributed by atoms with Crippen molar-refractivity contribution in [2.24, 2.45) is 17.3 Å². The molecule has 6 nitrogen and oxygen atoms in total. The summed E-state index contributed by atoms with van der Waals surface area (Å²) in [4.78, 5) is 26.3. The summed E-state index contributed by atoms with van der Waals surface area (Å²) in [6.07, 6.45) is 3.75. The van der Waals surface area contributed by atoms with Gasteiger partial charge in [0.25, 0.3) is 0 Å². The molecule has 2 amide bonds. The van der Waals surface area contributed by atoms with E-state index in [1.54, 1.807) is 29.2 Å². The van der Waals surface area contributed by atoms with Gasteiger partial charge < -0.3 is 19.7 Å². The van der Waals surface area contributed by atoms with Gasteiger partial charge in [-0.1, -0.05) is 20.8 Å². The number of hydrogen-bond acceptors (Lipinski definition) is 4. The lowest BCUT2D eigenvalue weighted by molar-refractivity contribution is -0.121. The Morgan fingerprint density at radius 1 is 1.04 bits per heavy atom. The van der Waals surface area contributed by atoms with E-state index in [-0.39, 0.29) is 17.9 Å². The van der Waals surface area contributed by atoms with Gasteiger partial charge in [-0.2, -0.15) is 0 Å². The molecule has 28 heavy (non-hydrogen) atoms. The molecule has 1 aromatic rings. The summed E-state index contributed by atoms with van der Waals surface area (Å²) in [7, 11) is 0. The smallest absolute Gasteiger partial charge is 0.410 e. The maximum atomic E-state index is 12.6. The molecule has 0 atom stereocenters. The van der Waals surface area contributed by atoms with Crippen molar-refractivity contribution in [2.75, 3.05) is 31.6 Å². The van der Waals surface area contributed by atoms with Crippen LogP contribution in [0.15, 0.2) is 24.3 Å². The largest absolute Gasteiger partial charge is 0.415 e. The molecule has 0 bridgehead atoms. The van der Waals surface area contributed by atoms with Gasteiger partial charge in [-0.25, -0.2) is 4.79 Å². The van der Waals surface area contributed by atoms with Gasteiger partial charge in [0.15, 0.2) is 0 Å². The van der Waals surface area contributed by atoms with Crippen LogP contribution >= 0.6 is 0 Å². The number of anilines is 1. The number of carbonyl (C=O) groups is 2. The summed E-state index contributed by atoms with van der Waals surface area (Å²) in [6.45, 7) is 9.02. The molecular formula is C22H32N2O4. The average molecular weight is 389 g/mol. The molecule has 0 spiro atoms. The van der Waals surface area contributed by atoms with Crippen LogP contribution in [-0.2, 0) is 9.53 Å². The van der Waals surface area contributed by atoms with Crippen molar-refractivity contribution in [3.8, 4) is 5.75 Å². The van der Waals surface area contributed by atoms with Crippen LogP contribution < -0.4 is 10.1 Å². The predicted octanol–water partition coefficient (Wildman–Crippen LogP) is 4.31. The number of rotatable bonds is 3. The van der Waals surface area contributed by atoms with Gasteiger partial charge >= 0.3 is 6.09 Å². The Labute approximate surface area is 167 Å². The highest BCUT2D eigenvalue weighted by Crippen LogP contribution is 2.40. The van der Waals surface area contributed by atoms with E-state index in [1.807, 2.05) is 0 Å². The molecule has 2 fully saturated rings. The number of benzene rings is 1. The molecule has 154 valence electrons. The van der Waals surface area contributed by atoms with Crippen LogP contribution in [0.25, 0.3) is 0 Å². The third-order valence-corrected chi connectivity index (χ3v) is 5.92. The third-order valence-electron chi connectivity index (χ3n) is 5.92. The van der Waals surface area contributed by atoms with Gasteiger partial charge in [0.2, 0.25) is 5.91 Å². The van der Waals surface area contributed by atoms with Gasteiger partial charge in [-0.15, -0.1) is 0 Å². The van der Waals surface area contributed by atoms with Gasteiger partial charge in [-0.3, -0.25) is 4.79 Å². The zero-order valence-electron chi connectivity index (χ0n) is 17.2. The molecule has 0 aromatic heterocycles. The lowest BCUT2D eigenvalue weighted by Crippen LogP contribution is -2.42. The first kappa shape index (κ1) is 20.6. The van der Waals surface area contributed by atoms with Crippen LogP contribution in [0, 0.1) is 17.3 Å². The fraction of sp³-hybridized carbons (Fsp3) is 0.636. The molecule has 0 radical (unpaired) electrons. The highest BCUT2D eigenvalue weighted by atomic mass is 16.6. The Hall–Kier alpha value is -2.08. The normalized spacial score (nSPS) is 23.2. The van der Waals surface area contributed by atoms with Gasteiger partial charge in [-0.05, 0) is 61.3 Å². The molecule has 3 rings (SSSR count). The number of nitrogens with zero attached hydrogens (tertiary/aromatic N) is 1. The van der Waals surface area contributed by atoms with Gasteiger partial charge in [0, 0.05) is 24.7 Å². The van der Waals surface area contributed by atoms with Crippen molar-refractivity contribution in [3.05, 3.63) is 24.3 Å². The number of hydrogen-bond donors (Lipinski definition) is 1. The molecule has 2 aliphatic rings. The molecule has 0 unspecified atom stereocenters. The number of carbonyl (C=O) groups excluding carboxylic acids is 2. The van der Waals surface area contributed by atoms with E-state index in [4.69, 9.17) is 9.47 Å². The Morgan fingerprint density at radius 2 is 1.64 bits per heavy atom. The highest BCUT2D eigenvalue weighted by molar-refractivity contribution is 5.92. The molecule has 1 aliphatic heterocycles. The Bertz CT molecular complexity index is 667. The minimum atomic E-state index is -0.365. The third kappa shape index (κ3) is 5.47. The topological polar surface area (TPSA) is 67.9 Å². The van der Waals surface area contributed by atoms with E-state index in [0.717, 1.165) is 31.4 Å². The lowest BCUT2D eigenvalue weighted by Gasteiger charge is -2.36. The highest BCUT2D eigenvalue weighted by Gasteiger charge is 2.32. The van der Waals surface area contributed by atoms with Crippen molar-refractivity contribution in [1.29, 1.82) is 0 Å². The number of morpholine rings is 1. The lowest BCUT2D eigenvalue weighted by atomic mass is 9.69. The zero-order chi connectivity index (χ0) is 20.1. The Morgan fingerprint density at radius 3 is 2.21 bits per heavy atom. The van der Waals surface area contributed by atoms with Crippen LogP contribution in [0.2, 0.25) is 0 Å². The van der Waals surface area contributed by atoms with Crippen LogP contribution in [0.4, 0.5) is 10.5 Å². The van der Waals surface area contributed by atoms with E-state index in [2.05, 4.69) is 26.1 Å². The average Bonchev–Trinajstić information content (AvgIpc) is 2.69. The first-order valence-electron chi connectivity index (χ1n) is 10.3. The maximum absolute atomic E-state index is 12.6. The van der Waals surface area contributed by atoms with Crippen molar-refractivity contribution in [2.45, 2.75) is 46.5 Å². The molecule has 1 saturated carbocycles. The van der Waals surface area contributed by atoms with Crippen LogP contribution in [0.1, 0.15) is 46.5 Å². The second kappa shape index (κ2) is 8.95. The van der Waals surface area contributed by atoms with Gasteiger partial charge in [0.1, 0.15) is 5.75 Å². The quantitative estimate of drug-likeness (QED) is 0.838. The summed E-state index contributed by atoms with van der Waals surface area (Å²) in [6, 6.07) is 6.98. The fourth-order valence-electron chi connectivity index (χ4n) is 3.98. The van der Waals surface area contributed by atoms with E-state index < -0.39 is 0 Å². The Balaban J connectivity index is 1.47. The van der Waals surface area contributed by atoms with E-state index >= 15 is 0 Å². The van der Waals surface area contributed by atoms with E-state index in [9.17, 15) is 9.59 Å². The monoisotopic (exact) mass is 388 g/mol. The number of amides is 2. The van der Waals surface area contributed by atoms with Crippen molar-refractivity contribution < 1.29 is 19.1 Å². The van der Waals surface area contributed by atoms with Crippen LogP contribution in [0.5, 0.6) is 5.75 Å². The molecule has 1 heterocycles. The van der Waals surface area contributed by atoms with Crippen LogP contribution in [0.3, 0.4) is 0 Å². The first-order valence-corrected chi connectivity index (χ1v) is 10.3. The minimum absolute atomic E-state index is 0.0809. The van der Waals surface area contributed by atoms with Crippen molar-refractivity contribution >= 4 is 17.7 Å². The molecule has 6 heteroatoms. The van der Waals surface area contributed by atoms with Crippen LogP contribution in [-0.4, -0.2) is 43.2 Å². The summed E-state index contributed by atoms with van der Waals surface area (Å²) >= 11 is 0. The SMILES string of the molecule is CC(C)(C)[C@H]1CC[C@H](C(=O)Nc2ccc(OC(=O)N3CCOCC3)cc2)CC1. The minimum Gasteiger partial charge on any atom is -0.410 e. The number of nitrogens with one attached hydrogen (secondary N) is 1. The number of ether oxygens (including phenoxy) is 2. The zero-order valence-corrected chi connectivity index (χ0v) is 17.2. The fourth-order valence-corrected chi connectivity index (χ4v) is 3.98. The summed E-state index contributed by atoms with van der Waals surface area (Å²) < 4.78 is 10.6.